The largest absolute Gasteiger partial charge is 0.363 e. The molecule has 0 atom stereocenters. The van der Waals surface area contributed by atoms with E-state index in [4.69, 9.17) is 4.74 Å². The summed E-state index contributed by atoms with van der Waals surface area (Å²) in [4.78, 5) is 11.9. The molecule has 1 aromatic heterocycles. The summed E-state index contributed by atoms with van der Waals surface area (Å²) in [6.07, 6.45) is 3.21. The van der Waals surface area contributed by atoms with Gasteiger partial charge in [-0.25, -0.2) is 0 Å². The van der Waals surface area contributed by atoms with E-state index < -0.39 is 0 Å². The first-order valence-corrected chi connectivity index (χ1v) is 6.74. The maximum atomic E-state index is 11.9. The number of benzene rings is 1. The average molecular weight is 287 g/mol. The summed E-state index contributed by atoms with van der Waals surface area (Å²) in [5.74, 6) is -0.163. The minimum Gasteiger partial charge on any atom is -0.363 e. The first-order chi connectivity index (χ1) is 10.1. The molecule has 0 unspecified atom stereocenters. The van der Waals surface area contributed by atoms with E-state index in [9.17, 15) is 4.79 Å². The molecule has 0 saturated carbocycles. The van der Waals surface area contributed by atoms with Crippen molar-refractivity contribution in [2.24, 2.45) is 0 Å². The number of anilines is 1. The van der Waals surface area contributed by atoms with Gasteiger partial charge in [0.15, 0.2) is 0 Å². The van der Waals surface area contributed by atoms with Gasteiger partial charge in [0.05, 0.1) is 11.3 Å². The standard InChI is InChI=1S/C14H17N5O2/c1-14(7-15-8-14)21-6-13(20)18-11-3-2-4-12(5-11)19-9-16-17-10-19/h2-5,9-10,15H,6-8H2,1H3,(H,18,20). The minimum atomic E-state index is -0.221. The van der Waals surface area contributed by atoms with Crippen molar-refractivity contribution >= 4 is 11.6 Å². The van der Waals surface area contributed by atoms with Crippen LogP contribution in [0, 0.1) is 0 Å². The van der Waals surface area contributed by atoms with Crippen LogP contribution < -0.4 is 10.6 Å². The van der Waals surface area contributed by atoms with Crippen LogP contribution in [0.4, 0.5) is 5.69 Å². The second-order valence-electron chi connectivity index (χ2n) is 5.31. The highest BCUT2D eigenvalue weighted by atomic mass is 16.5. The Balaban J connectivity index is 1.59. The van der Waals surface area contributed by atoms with Crippen LogP contribution in [0.5, 0.6) is 0 Å². The van der Waals surface area contributed by atoms with Crippen LogP contribution in [-0.4, -0.2) is 46.0 Å². The SMILES string of the molecule is CC1(OCC(=O)Nc2cccc(-n3cnnc3)c2)CNC1. The summed E-state index contributed by atoms with van der Waals surface area (Å²) in [5.41, 5.74) is 1.38. The lowest BCUT2D eigenvalue weighted by Crippen LogP contribution is -2.59. The number of hydrogen-bond acceptors (Lipinski definition) is 5. The van der Waals surface area contributed by atoms with E-state index in [2.05, 4.69) is 20.8 Å². The van der Waals surface area contributed by atoms with Crippen LogP contribution in [0.2, 0.25) is 0 Å². The monoisotopic (exact) mass is 287 g/mol. The van der Waals surface area contributed by atoms with Gasteiger partial charge in [0.25, 0.3) is 0 Å². The number of carbonyl (C=O) groups excluding carboxylic acids is 1. The molecule has 3 rings (SSSR count). The van der Waals surface area contributed by atoms with Gasteiger partial charge in [0.2, 0.25) is 5.91 Å². The number of carbonyl (C=O) groups is 1. The molecule has 0 bridgehead atoms. The summed E-state index contributed by atoms with van der Waals surface area (Å²) < 4.78 is 7.37. The van der Waals surface area contributed by atoms with Crippen LogP contribution in [0.25, 0.3) is 5.69 Å². The van der Waals surface area contributed by atoms with Gasteiger partial charge >= 0.3 is 0 Å². The highest BCUT2D eigenvalue weighted by Crippen LogP contribution is 2.16. The molecule has 110 valence electrons. The highest BCUT2D eigenvalue weighted by Gasteiger charge is 2.32. The summed E-state index contributed by atoms with van der Waals surface area (Å²) in [5, 5.41) is 13.5. The molecule has 1 fully saturated rings. The molecule has 0 spiro atoms. The van der Waals surface area contributed by atoms with Gasteiger partial charge in [-0.1, -0.05) is 6.07 Å². The molecule has 21 heavy (non-hydrogen) atoms. The number of nitrogens with zero attached hydrogens (tertiary/aromatic N) is 3. The molecule has 2 aromatic rings. The van der Waals surface area contributed by atoms with Crippen molar-refractivity contribution in [2.45, 2.75) is 12.5 Å². The van der Waals surface area contributed by atoms with Crippen molar-refractivity contribution in [1.29, 1.82) is 0 Å². The quantitative estimate of drug-likeness (QED) is 0.841. The number of ether oxygens (including phenoxy) is 1. The van der Waals surface area contributed by atoms with Gasteiger partial charge in [-0.15, -0.1) is 10.2 Å². The molecule has 0 aliphatic carbocycles. The first-order valence-electron chi connectivity index (χ1n) is 6.74. The van der Waals surface area contributed by atoms with E-state index in [1.165, 1.54) is 0 Å². The Kier molecular flexibility index (Phi) is 3.68. The molecule has 1 amide bonds. The Morgan fingerprint density at radius 2 is 2.19 bits per heavy atom. The zero-order valence-electron chi connectivity index (χ0n) is 11.7. The van der Waals surface area contributed by atoms with Crippen molar-refractivity contribution in [3.8, 4) is 5.69 Å². The topological polar surface area (TPSA) is 81.1 Å². The number of hydrogen-bond donors (Lipinski definition) is 2. The molecule has 1 aromatic carbocycles. The molecular formula is C14H17N5O2. The summed E-state index contributed by atoms with van der Waals surface area (Å²) >= 11 is 0. The van der Waals surface area contributed by atoms with E-state index in [-0.39, 0.29) is 18.1 Å². The van der Waals surface area contributed by atoms with Crippen LogP contribution >= 0.6 is 0 Å². The zero-order chi connectivity index (χ0) is 14.7. The number of rotatable bonds is 5. The normalized spacial score (nSPS) is 16.2. The zero-order valence-corrected chi connectivity index (χ0v) is 11.7. The lowest BCUT2D eigenvalue weighted by molar-refractivity contribution is -0.130. The third-order valence-corrected chi connectivity index (χ3v) is 3.40. The van der Waals surface area contributed by atoms with Gasteiger partial charge < -0.3 is 15.4 Å². The average Bonchev–Trinajstić information content (AvgIpc) is 2.97. The molecule has 7 nitrogen and oxygen atoms in total. The van der Waals surface area contributed by atoms with E-state index in [0.717, 1.165) is 18.8 Å². The van der Waals surface area contributed by atoms with Crippen LogP contribution in [0.15, 0.2) is 36.9 Å². The summed E-state index contributed by atoms with van der Waals surface area (Å²) in [6.45, 7) is 3.60. The van der Waals surface area contributed by atoms with Gasteiger partial charge in [-0.3, -0.25) is 9.36 Å². The van der Waals surface area contributed by atoms with Crippen LogP contribution in [0.1, 0.15) is 6.92 Å². The fourth-order valence-corrected chi connectivity index (χ4v) is 2.09. The third-order valence-electron chi connectivity index (χ3n) is 3.40. The minimum absolute atomic E-state index is 0.0506. The first kappa shape index (κ1) is 13.7. The molecule has 2 heterocycles. The molecule has 1 aliphatic heterocycles. The third kappa shape index (κ3) is 3.26. The second kappa shape index (κ2) is 5.63. The lowest BCUT2D eigenvalue weighted by atomic mass is 10.0. The van der Waals surface area contributed by atoms with Crippen molar-refractivity contribution < 1.29 is 9.53 Å². The van der Waals surface area contributed by atoms with E-state index in [1.54, 1.807) is 17.2 Å². The van der Waals surface area contributed by atoms with Crippen LogP contribution in [-0.2, 0) is 9.53 Å². The van der Waals surface area contributed by atoms with Gasteiger partial charge in [0, 0.05) is 18.8 Å². The maximum Gasteiger partial charge on any atom is 0.250 e. The molecule has 0 radical (unpaired) electrons. The maximum absolute atomic E-state index is 11.9. The van der Waals surface area contributed by atoms with Gasteiger partial charge in [-0.2, -0.15) is 0 Å². The summed E-state index contributed by atoms with van der Waals surface area (Å²) in [7, 11) is 0. The second-order valence-corrected chi connectivity index (χ2v) is 5.31. The van der Waals surface area contributed by atoms with Gasteiger partial charge in [0.1, 0.15) is 19.3 Å². The Morgan fingerprint density at radius 3 is 2.86 bits per heavy atom. The van der Waals surface area contributed by atoms with Crippen molar-refractivity contribution in [2.75, 3.05) is 25.0 Å². The fraction of sp³-hybridized carbons (Fsp3) is 0.357. The Hall–Kier alpha value is -2.25. The van der Waals surface area contributed by atoms with Crippen molar-refractivity contribution in [1.82, 2.24) is 20.1 Å². The van der Waals surface area contributed by atoms with Crippen molar-refractivity contribution in [3.63, 3.8) is 0 Å². The predicted molar refractivity (Wildman–Crippen MR) is 77.2 cm³/mol. The molecule has 7 heteroatoms. The Labute approximate surface area is 122 Å². The predicted octanol–water partition coefficient (Wildman–Crippen LogP) is 0.584. The smallest absolute Gasteiger partial charge is 0.250 e. The number of amides is 1. The van der Waals surface area contributed by atoms with Gasteiger partial charge in [-0.05, 0) is 25.1 Å². The Bertz CT molecular complexity index is 622. The highest BCUT2D eigenvalue weighted by molar-refractivity contribution is 5.92. The summed E-state index contributed by atoms with van der Waals surface area (Å²) in [6, 6.07) is 7.46. The van der Waals surface area contributed by atoms with Crippen molar-refractivity contribution in [3.05, 3.63) is 36.9 Å². The number of nitrogens with one attached hydrogen (secondary N) is 2. The molecule has 1 aliphatic rings. The molecule has 2 N–H and O–H groups in total. The molecule has 1 saturated heterocycles. The van der Waals surface area contributed by atoms with Crippen LogP contribution in [0.3, 0.4) is 0 Å². The van der Waals surface area contributed by atoms with E-state index >= 15 is 0 Å². The number of aromatic nitrogens is 3. The van der Waals surface area contributed by atoms with E-state index in [1.807, 2.05) is 31.2 Å². The Morgan fingerprint density at radius 1 is 1.43 bits per heavy atom. The van der Waals surface area contributed by atoms with E-state index in [0.29, 0.717) is 5.69 Å². The fourth-order valence-electron chi connectivity index (χ4n) is 2.09. The molecular weight excluding hydrogens is 270 g/mol. The lowest BCUT2D eigenvalue weighted by Gasteiger charge is -2.38.